The van der Waals surface area contributed by atoms with Gasteiger partial charge in [0.2, 0.25) is 0 Å². The van der Waals surface area contributed by atoms with Crippen LogP contribution in [0.1, 0.15) is 17.0 Å². The monoisotopic (exact) mass is 280 g/mol. The topological polar surface area (TPSA) is 75.7 Å². The second kappa shape index (κ2) is 5.75. The van der Waals surface area contributed by atoms with Crippen molar-refractivity contribution in [2.75, 3.05) is 0 Å². The van der Waals surface area contributed by atoms with Gasteiger partial charge in [-0.1, -0.05) is 0 Å². The van der Waals surface area contributed by atoms with Crippen molar-refractivity contribution in [1.82, 2.24) is 9.97 Å². The number of rotatable bonds is 2. The van der Waals surface area contributed by atoms with Crippen molar-refractivity contribution in [1.29, 1.82) is 5.41 Å². The molecule has 6 heteroatoms. The molecule has 2 aromatic rings. The molecule has 0 atom stereocenters. The molecule has 4 nitrogen and oxygen atoms in total. The van der Waals surface area contributed by atoms with Gasteiger partial charge < -0.3 is 5.73 Å². The fourth-order valence-corrected chi connectivity index (χ4v) is 1.75. The summed E-state index contributed by atoms with van der Waals surface area (Å²) >= 11 is 0. The standard InChI is InChI=1S/C13H13FN4.ClH/c1-7-3-9(4-12(18-7)13(15)16)10-5-17-6-11(14)8(10)2;/h3-6H,1-2H3,(H3,15,16);1H. The number of hydrogen-bond donors (Lipinski definition) is 2. The van der Waals surface area contributed by atoms with Crippen LogP contribution in [0.2, 0.25) is 0 Å². The first-order valence-electron chi connectivity index (χ1n) is 5.42. The number of nitrogen functional groups attached to an aromatic ring is 1. The number of amidine groups is 1. The van der Waals surface area contributed by atoms with E-state index in [2.05, 4.69) is 9.97 Å². The van der Waals surface area contributed by atoms with Crippen molar-refractivity contribution in [2.24, 2.45) is 5.73 Å². The zero-order valence-corrected chi connectivity index (χ0v) is 11.4. The second-order valence-electron chi connectivity index (χ2n) is 4.09. The highest BCUT2D eigenvalue weighted by Gasteiger charge is 2.10. The quantitative estimate of drug-likeness (QED) is 0.656. The van der Waals surface area contributed by atoms with E-state index in [1.807, 2.05) is 6.07 Å². The summed E-state index contributed by atoms with van der Waals surface area (Å²) in [7, 11) is 0. The first-order valence-corrected chi connectivity index (χ1v) is 5.42. The normalized spacial score (nSPS) is 9.84. The smallest absolute Gasteiger partial charge is 0.145 e. The highest BCUT2D eigenvalue weighted by atomic mass is 35.5. The number of nitrogens with two attached hydrogens (primary N) is 1. The van der Waals surface area contributed by atoms with Gasteiger partial charge >= 0.3 is 0 Å². The summed E-state index contributed by atoms with van der Waals surface area (Å²) in [6, 6.07) is 3.48. The molecule has 0 saturated heterocycles. The zero-order chi connectivity index (χ0) is 13.3. The Balaban J connectivity index is 0.00000180. The van der Waals surface area contributed by atoms with Crippen LogP contribution >= 0.6 is 12.4 Å². The lowest BCUT2D eigenvalue weighted by Gasteiger charge is -2.09. The number of pyridine rings is 2. The third kappa shape index (κ3) is 3.06. The average Bonchev–Trinajstić information content (AvgIpc) is 2.31. The second-order valence-corrected chi connectivity index (χ2v) is 4.09. The lowest BCUT2D eigenvalue weighted by atomic mass is 10.0. The predicted molar refractivity (Wildman–Crippen MR) is 75.2 cm³/mol. The van der Waals surface area contributed by atoms with E-state index in [0.717, 1.165) is 11.3 Å². The van der Waals surface area contributed by atoms with Crippen LogP contribution in [-0.2, 0) is 0 Å². The maximum absolute atomic E-state index is 13.5. The van der Waals surface area contributed by atoms with Gasteiger partial charge in [-0.3, -0.25) is 10.4 Å². The molecule has 0 saturated carbocycles. The first kappa shape index (κ1) is 15.0. The highest BCUT2D eigenvalue weighted by Crippen LogP contribution is 2.25. The van der Waals surface area contributed by atoms with Crippen LogP contribution in [0.5, 0.6) is 0 Å². The van der Waals surface area contributed by atoms with Gasteiger partial charge in [-0.2, -0.15) is 0 Å². The molecule has 2 rings (SSSR count). The van der Waals surface area contributed by atoms with Gasteiger partial charge in [0.05, 0.1) is 6.20 Å². The third-order valence-electron chi connectivity index (χ3n) is 2.69. The maximum Gasteiger partial charge on any atom is 0.145 e. The fraction of sp³-hybridized carbons (Fsp3) is 0.154. The Morgan fingerprint density at radius 1 is 1.26 bits per heavy atom. The van der Waals surface area contributed by atoms with Crippen LogP contribution in [0.25, 0.3) is 11.1 Å². The van der Waals surface area contributed by atoms with E-state index in [9.17, 15) is 4.39 Å². The van der Waals surface area contributed by atoms with Crippen molar-refractivity contribution in [3.8, 4) is 11.1 Å². The lowest BCUT2D eigenvalue weighted by molar-refractivity contribution is 0.613. The largest absolute Gasteiger partial charge is 0.382 e. The number of halogens is 2. The molecule has 0 unspecified atom stereocenters. The van der Waals surface area contributed by atoms with Gasteiger partial charge in [0, 0.05) is 17.5 Å². The van der Waals surface area contributed by atoms with E-state index >= 15 is 0 Å². The zero-order valence-electron chi connectivity index (χ0n) is 10.6. The lowest BCUT2D eigenvalue weighted by Crippen LogP contribution is -2.13. The third-order valence-corrected chi connectivity index (χ3v) is 2.69. The molecule has 0 spiro atoms. The van der Waals surface area contributed by atoms with Crippen LogP contribution in [0.4, 0.5) is 4.39 Å². The molecule has 3 N–H and O–H groups in total. The van der Waals surface area contributed by atoms with Crippen molar-refractivity contribution in [2.45, 2.75) is 13.8 Å². The molecule has 100 valence electrons. The minimum atomic E-state index is -0.355. The Bertz CT molecular complexity index is 628. The van der Waals surface area contributed by atoms with Crippen molar-refractivity contribution >= 4 is 18.2 Å². The van der Waals surface area contributed by atoms with Gasteiger partial charge in [0.25, 0.3) is 0 Å². The molecule has 2 heterocycles. The van der Waals surface area contributed by atoms with E-state index in [1.165, 1.54) is 6.20 Å². The van der Waals surface area contributed by atoms with Crippen molar-refractivity contribution in [3.05, 3.63) is 47.3 Å². The summed E-state index contributed by atoms with van der Waals surface area (Å²) in [4.78, 5) is 7.99. The molecular weight excluding hydrogens is 267 g/mol. The van der Waals surface area contributed by atoms with Crippen LogP contribution < -0.4 is 5.73 Å². The van der Waals surface area contributed by atoms with Gasteiger partial charge in [-0.15, -0.1) is 12.4 Å². The Kier molecular flexibility index (Phi) is 4.56. The van der Waals surface area contributed by atoms with Crippen molar-refractivity contribution in [3.63, 3.8) is 0 Å². The van der Waals surface area contributed by atoms with Gasteiger partial charge in [0.1, 0.15) is 17.3 Å². The molecular formula is C13H14ClFN4. The summed E-state index contributed by atoms with van der Waals surface area (Å²) in [5, 5.41) is 7.41. The summed E-state index contributed by atoms with van der Waals surface area (Å²) in [5.74, 6) is -0.465. The summed E-state index contributed by atoms with van der Waals surface area (Å²) in [5.41, 5.74) is 8.50. The van der Waals surface area contributed by atoms with E-state index in [1.54, 1.807) is 26.1 Å². The highest BCUT2D eigenvalue weighted by molar-refractivity contribution is 5.94. The molecule has 2 aromatic heterocycles. The van der Waals surface area contributed by atoms with Crippen LogP contribution in [0, 0.1) is 25.1 Å². The molecule has 0 aliphatic heterocycles. The van der Waals surface area contributed by atoms with Crippen LogP contribution in [0.3, 0.4) is 0 Å². The Hall–Kier alpha value is -2.01. The molecule has 0 fully saturated rings. The summed E-state index contributed by atoms with van der Waals surface area (Å²) in [6.45, 7) is 3.49. The SMILES string of the molecule is Cc1cc(-c2cncc(F)c2C)cc(C(=N)N)n1.Cl. The Morgan fingerprint density at radius 2 is 1.95 bits per heavy atom. The number of aromatic nitrogens is 2. The van der Waals surface area contributed by atoms with Crippen LogP contribution in [-0.4, -0.2) is 15.8 Å². The van der Waals surface area contributed by atoms with Crippen molar-refractivity contribution < 1.29 is 4.39 Å². The van der Waals surface area contributed by atoms with Crippen LogP contribution in [0.15, 0.2) is 24.5 Å². The Labute approximate surface area is 116 Å². The molecule has 0 amide bonds. The van der Waals surface area contributed by atoms with E-state index in [0.29, 0.717) is 16.8 Å². The molecule has 0 aromatic carbocycles. The van der Waals surface area contributed by atoms with Gasteiger partial charge in [0.15, 0.2) is 0 Å². The first-order chi connectivity index (χ1) is 8.49. The van der Waals surface area contributed by atoms with E-state index < -0.39 is 0 Å². The van der Waals surface area contributed by atoms with E-state index in [-0.39, 0.29) is 24.1 Å². The minimum Gasteiger partial charge on any atom is -0.382 e. The number of aryl methyl sites for hydroxylation is 1. The van der Waals surface area contributed by atoms with Gasteiger partial charge in [-0.05, 0) is 37.1 Å². The maximum atomic E-state index is 13.5. The summed E-state index contributed by atoms with van der Waals surface area (Å²) in [6.07, 6.45) is 2.77. The Morgan fingerprint density at radius 3 is 2.58 bits per heavy atom. The fourth-order valence-electron chi connectivity index (χ4n) is 1.75. The number of hydrogen-bond acceptors (Lipinski definition) is 3. The average molecular weight is 281 g/mol. The number of nitrogens with one attached hydrogen (secondary N) is 1. The predicted octanol–water partition coefficient (Wildman–Crippen LogP) is 2.61. The molecule has 0 aliphatic carbocycles. The number of nitrogens with zero attached hydrogens (tertiary/aromatic N) is 2. The van der Waals surface area contributed by atoms with E-state index in [4.69, 9.17) is 11.1 Å². The molecule has 0 bridgehead atoms. The molecule has 0 radical (unpaired) electrons. The minimum absolute atomic E-state index is 0. The summed E-state index contributed by atoms with van der Waals surface area (Å²) < 4.78 is 13.5. The van der Waals surface area contributed by atoms with Gasteiger partial charge in [-0.25, -0.2) is 9.37 Å². The molecule has 0 aliphatic rings. The molecule has 19 heavy (non-hydrogen) atoms.